The molecule has 1 N–H and O–H groups in total. The van der Waals surface area contributed by atoms with Crippen LogP contribution in [0.25, 0.3) is 0 Å². The molecule has 0 aromatic heterocycles. The molecule has 1 aromatic carbocycles. The number of carbonyl (C=O) groups excluding carboxylic acids is 1. The summed E-state index contributed by atoms with van der Waals surface area (Å²) >= 11 is 0. The molecular weight excluding hydrogens is 344 g/mol. The van der Waals surface area contributed by atoms with E-state index in [0.717, 1.165) is 0 Å². The average molecular weight is 366 g/mol. The van der Waals surface area contributed by atoms with Crippen LogP contribution in [0.3, 0.4) is 0 Å². The Hall–Kier alpha value is -1.93. The second-order valence-electron chi connectivity index (χ2n) is 6.59. The van der Waals surface area contributed by atoms with Crippen LogP contribution in [0.2, 0.25) is 0 Å². The lowest BCUT2D eigenvalue weighted by molar-refractivity contribution is -0.141. The summed E-state index contributed by atoms with van der Waals surface area (Å²) in [4.78, 5) is 25.5. The van der Waals surface area contributed by atoms with Gasteiger partial charge in [-0.3, -0.25) is 9.59 Å². The van der Waals surface area contributed by atoms with E-state index in [2.05, 4.69) is 0 Å². The van der Waals surface area contributed by atoms with Crippen molar-refractivity contribution in [3.8, 4) is 0 Å². The van der Waals surface area contributed by atoms with Gasteiger partial charge in [0.2, 0.25) is 15.9 Å². The molecule has 1 saturated carbocycles. The van der Waals surface area contributed by atoms with Gasteiger partial charge in [0, 0.05) is 32.1 Å². The fraction of sp³-hybridized carbons (Fsp3) is 0.529. The number of carbonyl (C=O) groups is 2. The molecule has 1 amide bonds. The van der Waals surface area contributed by atoms with Crippen molar-refractivity contribution < 1.29 is 23.1 Å². The normalized spacial score (nSPS) is 25.0. The molecule has 25 heavy (non-hydrogen) atoms. The summed E-state index contributed by atoms with van der Waals surface area (Å²) in [7, 11) is -3.53. The van der Waals surface area contributed by atoms with Gasteiger partial charge >= 0.3 is 5.97 Å². The standard InChI is InChI=1S/C17H22N2O5S/c20-16(13-6-7-14(12-13)17(21)22)18-8-10-19(11-9-18)25(23,24)15-4-2-1-3-5-15/h1-5,13-14H,6-12H2,(H,21,22)/t13-,14+/m0/s1. The van der Waals surface area contributed by atoms with Crippen LogP contribution < -0.4 is 0 Å². The summed E-state index contributed by atoms with van der Waals surface area (Å²) in [6.07, 6.45) is 1.52. The molecule has 1 saturated heterocycles. The van der Waals surface area contributed by atoms with Gasteiger partial charge in [-0.25, -0.2) is 8.42 Å². The van der Waals surface area contributed by atoms with Crippen molar-refractivity contribution in [2.75, 3.05) is 26.2 Å². The second-order valence-corrected chi connectivity index (χ2v) is 8.53. The number of carboxylic acid groups (broad SMARTS) is 1. The Labute approximate surface area is 147 Å². The number of piperazine rings is 1. The summed E-state index contributed by atoms with van der Waals surface area (Å²) in [5.41, 5.74) is 0. The van der Waals surface area contributed by atoms with Gasteiger partial charge in [0.1, 0.15) is 0 Å². The fourth-order valence-corrected chi connectivity index (χ4v) is 5.02. The number of rotatable bonds is 4. The summed E-state index contributed by atoms with van der Waals surface area (Å²) in [6.45, 7) is 1.22. The first-order chi connectivity index (χ1) is 11.9. The quantitative estimate of drug-likeness (QED) is 0.858. The van der Waals surface area contributed by atoms with Crippen LogP contribution in [0.5, 0.6) is 0 Å². The number of sulfonamides is 1. The van der Waals surface area contributed by atoms with Crippen LogP contribution in [-0.4, -0.2) is 60.8 Å². The van der Waals surface area contributed by atoms with Gasteiger partial charge in [0.05, 0.1) is 10.8 Å². The number of amides is 1. The van der Waals surface area contributed by atoms with E-state index in [1.165, 1.54) is 4.31 Å². The number of benzene rings is 1. The first-order valence-corrected chi connectivity index (χ1v) is 9.90. The van der Waals surface area contributed by atoms with Gasteiger partial charge in [0.15, 0.2) is 0 Å². The molecule has 1 heterocycles. The van der Waals surface area contributed by atoms with Crippen molar-refractivity contribution in [2.45, 2.75) is 24.2 Å². The maximum atomic E-state index is 12.6. The lowest BCUT2D eigenvalue weighted by Crippen LogP contribution is -2.51. The van der Waals surface area contributed by atoms with Gasteiger partial charge in [-0.1, -0.05) is 18.2 Å². The molecule has 136 valence electrons. The molecule has 2 fully saturated rings. The molecule has 0 unspecified atom stereocenters. The SMILES string of the molecule is O=C(O)[C@@H]1CC[C@H](C(=O)N2CCN(S(=O)(=O)c3ccccc3)CC2)C1. The first kappa shape index (κ1) is 17.9. The lowest BCUT2D eigenvalue weighted by atomic mass is 10.0. The van der Waals surface area contributed by atoms with Gasteiger partial charge in [-0.2, -0.15) is 4.31 Å². The Bertz CT molecular complexity index is 742. The lowest BCUT2D eigenvalue weighted by Gasteiger charge is -2.35. The zero-order valence-electron chi connectivity index (χ0n) is 13.9. The summed E-state index contributed by atoms with van der Waals surface area (Å²) in [5, 5.41) is 9.06. The number of nitrogens with zero attached hydrogens (tertiary/aromatic N) is 2. The minimum absolute atomic E-state index is 0.0412. The highest BCUT2D eigenvalue weighted by Gasteiger charge is 2.37. The topological polar surface area (TPSA) is 95.0 Å². The summed E-state index contributed by atoms with van der Waals surface area (Å²) in [5.74, 6) is -1.57. The van der Waals surface area contributed by atoms with Gasteiger partial charge in [0.25, 0.3) is 0 Å². The zero-order valence-corrected chi connectivity index (χ0v) is 14.7. The molecule has 7 nitrogen and oxygen atoms in total. The van der Waals surface area contributed by atoms with E-state index >= 15 is 0 Å². The van der Waals surface area contributed by atoms with Crippen molar-refractivity contribution in [3.05, 3.63) is 30.3 Å². The molecule has 2 atom stereocenters. The van der Waals surface area contributed by atoms with Crippen LogP contribution >= 0.6 is 0 Å². The number of hydrogen-bond acceptors (Lipinski definition) is 4. The minimum Gasteiger partial charge on any atom is -0.481 e. The fourth-order valence-electron chi connectivity index (χ4n) is 3.58. The number of hydrogen-bond donors (Lipinski definition) is 1. The minimum atomic E-state index is -3.53. The molecular formula is C17H22N2O5S. The zero-order chi connectivity index (χ0) is 18.0. The van der Waals surface area contributed by atoms with Crippen LogP contribution in [0, 0.1) is 11.8 Å². The Morgan fingerprint density at radius 3 is 2.12 bits per heavy atom. The van der Waals surface area contributed by atoms with E-state index in [0.29, 0.717) is 32.4 Å². The van der Waals surface area contributed by atoms with E-state index in [1.54, 1.807) is 35.2 Å². The maximum Gasteiger partial charge on any atom is 0.306 e. The summed E-state index contributed by atoms with van der Waals surface area (Å²) < 4.78 is 26.6. The Morgan fingerprint density at radius 1 is 0.960 bits per heavy atom. The van der Waals surface area contributed by atoms with Crippen LogP contribution in [-0.2, 0) is 19.6 Å². The predicted molar refractivity (Wildman–Crippen MR) is 90.2 cm³/mol. The van der Waals surface area contributed by atoms with E-state index in [1.807, 2.05) is 0 Å². The van der Waals surface area contributed by atoms with Gasteiger partial charge in [-0.15, -0.1) is 0 Å². The molecule has 0 spiro atoms. The van der Waals surface area contributed by atoms with Crippen molar-refractivity contribution in [1.82, 2.24) is 9.21 Å². The average Bonchev–Trinajstić information content (AvgIpc) is 3.12. The van der Waals surface area contributed by atoms with Crippen LogP contribution in [0.1, 0.15) is 19.3 Å². The number of carboxylic acids is 1. The van der Waals surface area contributed by atoms with E-state index < -0.39 is 21.9 Å². The Kier molecular flexibility index (Phi) is 5.10. The van der Waals surface area contributed by atoms with Gasteiger partial charge < -0.3 is 10.0 Å². The van der Waals surface area contributed by atoms with Crippen molar-refractivity contribution in [3.63, 3.8) is 0 Å². The summed E-state index contributed by atoms with van der Waals surface area (Å²) in [6, 6.07) is 8.27. The largest absolute Gasteiger partial charge is 0.481 e. The number of aliphatic carboxylic acids is 1. The predicted octanol–water partition coefficient (Wildman–Crippen LogP) is 1.02. The Balaban J connectivity index is 1.59. The first-order valence-electron chi connectivity index (χ1n) is 8.46. The van der Waals surface area contributed by atoms with Crippen molar-refractivity contribution in [2.24, 2.45) is 11.8 Å². The highest BCUT2D eigenvalue weighted by Crippen LogP contribution is 2.32. The third kappa shape index (κ3) is 3.69. The van der Waals surface area contributed by atoms with Crippen LogP contribution in [0.4, 0.5) is 0 Å². The van der Waals surface area contributed by atoms with E-state index in [-0.39, 0.29) is 29.8 Å². The second kappa shape index (κ2) is 7.13. The van der Waals surface area contributed by atoms with Crippen molar-refractivity contribution >= 4 is 21.9 Å². The molecule has 1 aliphatic carbocycles. The molecule has 3 rings (SSSR count). The van der Waals surface area contributed by atoms with E-state index in [4.69, 9.17) is 5.11 Å². The smallest absolute Gasteiger partial charge is 0.306 e. The third-order valence-electron chi connectivity index (χ3n) is 5.06. The highest BCUT2D eigenvalue weighted by atomic mass is 32.2. The van der Waals surface area contributed by atoms with Crippen LogP contribution in [0.15, 0.2) is 35.2 Å². The molecule has 1 aromatic rings. The maximum absolute atomic E-state index is 12.6. The molecule has 0 bridgehead atoms. The molecule has 2 aliphatic rings. The molecule has 1 aliphatic heterocycles. The van der Waals surface area contributed by atoms with E-state index in [9.17, 15) is 18.0 Å². The molecule has 8 heteroatoms. The van der Waals surface area contributed by atoms with Crippen molar-refractivity contribution in [1.29, 1.82) is 0 Å². The Morgan fingerprint density at radius 2 is 1.56 bits per heavy atom. The monoisotopic (exact) mass is 366 g/mol. The molecule has 0 radical (unpaired) electrons. The highest BCUT2D eigenvalue weighted by molar-refractivity contribution is 7.89. The van der Waals surface area contributed by atoms with Gasteiger partial charge in [-0.05, 0) is 31.4 Å². The third-order valence-corrected chi connectivity index (χ3v) is 6.98.